The normalized spacial score (nSPS) is 20.5. The van der Waals surface area contributed by atoms with E-state index in [-0.39, 0.29) is 5.41 Å². The molecular formula is C21H29N. The molecule has 0 amide bonds. The first-order valence-corrected chi connectivity index (χ1v) is 8.09. The summed E-state index contributed by atoms with van der Waals surface area (Å²) in [7, 11) is 0. The molecule has 0 aromatic rings. The fourth-order valence-electron chi connectivity index (χ4n) is 2.84. The molecule has 118 valence electrons. The van der Waals surface area contributed by atoms with E-state index >= 15 is 0 Å². The Morgan fingerprint density at radius 1 is 1.18 bits per heavy atom. The van der Waals surface area contributed by atoms with Gasteiger partial charge in [-0.2, -0.15) is 5.26 Å². The van der Waals surface area contributed by atoms with Gasteiger partial charge in [-0.3, -0.25) is 0 Å². The summed E-state index contributed by atoms with van der Waals surface area (Å²) in [5.74, 6) is 0. The van der Waals surface area contributed by atoms with E-state index in [0.29, 0.717) is 0 Å². The molecule has 1 heteroatoms. The number of allylic oxidation sites excluding steroid dienone is 10. The third kappa shape index (κ3) is 5.19. The van der Waals surface area contributed by atoms with Gasteiger partial charge in [0.1, 0.15) is 0 Å². The maximum Gasteiger partial charge on any atom is 0.0946 e. The van der Waals surface area contributed by atoms with Crippen molar-refractivity contribution in [3.63, 3.8) is 0 Å². The number of hydrogen-bond donors (Lipinski definition) is 0. The van der Waals surface area contributed by atoms with Gasteiger partial charge < -0.3 is 0 Å². The maximum absolute atomic E-state index is 8.84. The van der Waals surface area contributed by atoms with Crippen LogP contribution in [0.2, 0.25) is 0 Å². The highest BCUT2D eigenvalue weighted by atomic mass is 14.3. The molecule has 0 unspecified atom stereocenters. The second kappa shape index (κ2) is 7.99. The standard InChI is InChI=1S/C21H29N/c1-16(9-7-10-17(2)19(4)15-22)12-13-20-18(3)11-8-14-21(20,5)6/h7,9-10,12-13H,8,11,14H2,1-6H3/b10-7+,13-12+,16-9+,19-17+. The molecule has 1 aliphatic rings. The number of nitriles is 1. The zero-order valence-corrected chi connectivity index (χ0v) is 15.0. The van der Waals surface area contributed by atoms with Crippen LogP contribution in [0.5, 0.6) is 0 Å². The van der Waals surface area contributed by atoms with E-state index < -0.39 is 0 Å². The molecule has 0 aliphatic heterocycles. The number of hydrogen-bond acceptors (Lipinski definition) is 1. The van der Waals surface area contributed by atoms with Crippen LogP contribution in [0, 0.1) is 16.7 Å². The van der Waals surface area contributed by atoms with Gasteiger partial charge in [0.15, 0.2) is 0 Å². The van der Waals surface area contributed by atoms with Crippen molar-refractivity contribution in [1.82, 2.24) is 0 Å². The minimum atomic E-state index is 0.290. The predicted octanol–water partition coefficient (Wildman–Crippen LogP) is 6.43. The molecule has 0 bridgehead atoms. The Kier molecular flexibility index (Phi) is 6.62. The zero-order chi connectivity index (χ0) is 16.8. The van der Waals surface area contributed by atoms with Crippen molar-refractivity contribution in [3.05, 3.63) is 58.2 Å². The Labute approximate surface area is 136 Å². The quantitative estimate of drug-likeness (QED) is 0.433. The van der Waals surface area contributed by atoms with Gasteiger partial charge in [-0.25, -0.2) is 0 Å². The van der Waals surface area contributed by atoms with Crippen LogP contribution in [0.25, 0.3) is 0 Å². The van der Waals surface area contributed by atoms with Gasteiger partial charge >= 0.3 is 0 Å². The fourth-order valence-corrected chi connectivity index (χ4v) is 2.84. The molecule has 0 aromatic carbocycles. The van der Waals surface area contributed by atoms with Crippen LogP contribution in [-0.2, 0) is 0 Å². The first-order chi connectivity index (χ1) is 10.3. The van der Waals surface area contributed by atoms with Crippen molar-refractivity contribution in [3.8, 4) is 6.07 Å². The molecule has 22 heavy (non-hydrogen) atoms. The van der Waals surface area contributed by atoms with Crippen LogP contribution >= 0.6 is 0 Å². The fraction of sp³-hybridized carbons (Fsp3) is 0.476. The molecule has 0 atom stereocenters. The third-order valence-electron chi connectivity index (χ3n) is 4.52. The molecular weight excluding hydrogens is 266 g/mol. The van der Waals surface area contributed by atoms with Gasteiger partial charge in [0.2, 0.25) is 0 Å². The Morgan fingerprint density at radius 3 is 2.45 bits per heavy atom. The van der Waals surface area contributed by atoms with Crippen molar-refractivity contribution in [2.75, 3.05) is 0 Å². The van der Waals surface area contributed by atoms with E-state index in [9.17, 15) is 0 Å². The molecule has 1 rings (SSSR count). The lowest BCUT2D eigenvalue weighted by molar-refractivity contribution is 0.377. The summed E-state index contributed by atoms with van der Waals surface area (Å²) in [4.78, 5) is 0. The highest BCUT2D eigenvalue weighted by molar-refractivity contribution is 5.38. The predicted molar refractivity (Wildman–Crippen MR) is 96.4 cm³/mol. The summed E-state index contributed by atoms with van der Waals surface area (Å²) >= 11 is 0. The molecule has 1 nitrogen and oxygen atoms in total. The highest BCUT2D eigenvalue weighted by Gasteiger charge is 2.26. The van der Waals surface area contributed by atoms with Crippen LogP contribution in [0.15, 0.2) is 58.2 Å². The van der Waals surface area contributed by atoms with Crippen LogP contribution in [-0.4, -0.2) is 0 Å². The number of nitrogens with zero attached hydrogens (tertiary/aromatic N) is 1. The van der Waals surface area contributed by atoms with Crippen molar-refractivity contribution in [2.45, 2.75) is 60.8 Å². The van der Waals surface area contributed by atoms with Crippen LogP contribution in [0.4, 0.5) is 0 Å². The number of rotatable bonds is 4. The van der Waals surface area contributed by atoms with Crippen molar-refractivity contribution >= 4 is 0 Å². The summed E-state index contributed by atoms with van der Waals surface area (Å²) in [5, 5.41) is 8.84. The van der Waals surface area contributed by atoms with Crippen LogP contribution in [0.1, 0.15) is 60.8 Å². The lowest BCUT2D eigenvalue weighted by atomic mass is 9.72. The van der Waals surface area contributed by atoms with Gasteiger partial charge in [0.05, 0.1) is 6.07 Å². The van der Waals surface area contributed by atoms with Gasteiger partial charge in [0.25, 0.3) is 0 Å². The van der Waals surface area contributed by atoms with E-state index in [4.69, 9.17) is 5.26 Å². The first kappa shape index (κ1) is 18.2. The molecule has 0 N–H and O–H groups in total. The molecule has 0 aromatic heterocycles. The molecule has 0 spiro atoms. The topological polar surface area (TPSA) is 23.8 Å². The Bertz CT molecular complexity index is 598. The molecule has 0 fully saturated rings. The van der Waals surface area contributed by atoms with Gasteiger partial charge in [0, 0.05) is 5.57 Å². The molecule has 0 heterocycles. The molecule has 0 saturated heterocycles. The monoisotopic (exact) mass is 295 g/mol. The molecule has 1 aliphatic carbocycles. The van der Waals surface area contributed by atoms with Crippen molar-refractivity contribution in [2.24, 2.45) is 5.41 Å². The highest BCUT2D eigenvalue weighted by Crippen LogP contribution is 2.40. The van der Waals surface area contributed by atoms with Gasteiger partial charge in [-0.1, -0.05) is 55.4 Å². The minimum Gasteiger partial charge on any atom is -0.193 e. The summed E-state index contributed by atoms with van der Waals surface area (Å²) in [6.07, 6.45) is 14.4. The summed E-state index contributed by atoms with van der Waals surface area (Å²) in [6.45, 7) is 12.9. The summed E-state index contributed by atoms with van der Waals surface area (Å²) in [5.41, 5.74) is 6.31. The lowest BCUT2D eigenvalue weighted by Crippen LogP contribution is -2.19. The average molecular weight is 295 g/mol. The van der Waals surface area contributed by atoms with Gasteiger partial charge in [-0.15, -0.1) is 0 Å². The Hall–Kier alpha value is -1.81. The largest absolute Gasteiger partial charge is 0.193 e. The average Bonchev–Trinajstić information content (AvgIpc) is 2.45. The Balaban J connectivity index is 2.84. The van der Waals surface area contributed by atoms with Gasteiger partial charge in [-0.05, 0) is 63.5 Å². The van der Waals surface area contributed by atoms with Crippen LogP contribution < -0.4 is 0 Å². The first-order valence-electron chi connectivity index (χ1n) is 8.09. The second-order valence-corrected chi connectivity index (χ2v) is 6.95. The van der Waals surface area contributed by atoms with Crippen molar-refractivity contribution < 1.29 is 0 Å². The van der Waals surface area contributed by atoms with E-state index in [1.807, 2.05) is 26.0 Å². The van der Waals surface area contributed by atoms with Crippen molar-refractivity contribution in [1.29, 1.82) is 5.26 Å². The molecule has 0 saturated carbocycles. The van der Waals surface area contributed by atoms with E-state index in [1.165, 1.54) is 36.0 Å². The van der Waals surface area contributed by atoms with E-state index in [1.54, 1.807) is 0 Å². The second-order valence-electron chi connectivity index (χ2n) is 6.95. The van der Waals surface area contributed by atoms with E-state index in [0.717, 1.165) is 11.1 Å². The summed E-state index contributed by atoms with van der Waals surface area (Å²) < 4.78 is 0. The third-order valence-corrected chi connectivity index (χ3v) is 4.52. The maximum atomic E-state index is 8.84. The van der Waals surface area contributed by atoms with Crippen LogP contribution in [0.3, 0.4) is 0 Å². The Morgan fingerprint density at radius 2 is 1.86 bits per heavy atom. The SMILES string of the molecule is CC1=C(/C=C/C(C)=C/C=C/C(C)=C(\C)C#N)C(C)(C)CCC1. The summed E-state index contributed by atoms with van der Waals surface area (Å²) in [6, 6.07) is 2.17. The minimum absolute atomic E-state index is 0.290. The lowest BCUT2D eigenvalue weighted by Gasteiger charge is -2.32. The smallest absolute Gasteiger partial charge is 0.0946 e. The molecule has 0 radical (unpaired) electrons. The zero-order valence-electron chi connectivity index (χ0n) is 15.0. The van der Waals surface area contributed by atoms with E-state index in [2.05, 4.69) is 52.0 Å².